The van der Waals surface area contributed by atoms with Crippen molar-refractivity contribution in [1.29, 1.82) is 0 Å². The van der Waals surface area contributed by atoms with E-state index in [2.05, 4.69) is 20.2 Å². The largest absolute Gasteiger partial charge is 0.435 e. The number of halogens is 3. The first kappa shape index (κ1) is 16.2. The molecular formula is C17H13F3N6. The van der Waals surface area contributed by atoms with Crippen molar-refractivity contribution in [2.45, 2.75) is 19.6 Å². The Balaban J connectivity index is 1.60. The number of nitrogens with zero attached hydrogens (tertiary/aromatic N) is 6. The van der Waals surface area contributed by atoms with E-state index in [9.17, 15) is 13.2 Å². The Bertz CT molecular complexity index is 1060. The first-order chi connectivity index (χ1) is 12.4. The van der Waals surface area contributed by atoms with Gasteiger partial charge in [-0.05, 0) is 30.7 Å². The van der Waals surface area contributed by atoms with Crippen LogP contribution in [0.3, 0.4) is 0 Å². The number of hydrogen-bond acceptors (Lipinski definition) is 4. The van der Waals surface area contributed by atoms with Crippen LogP contribution in [0.4, 0.5) is 13.2 Å². The summed E-state index contributed by atoms with van der Waals surface area (Å²) in [6.45, 7) is 2.08. The van der Waals surface area contributed by atoms with E-state index in [1.165, 1.54) is 11.0 Å². The summed E-state index contributed by atoms with van der Waals surface area (Å²) >= 11 is 0. The van der Waals surface area contributed by atoms with E-state index in [-0.39, 0.29) is 0 Å². The second-order valence-corrected chi connectivity index (χ2v) is 5.85. The van der Waals surface area contributed by atoms with Crippen LogP contribution in [-0.4, -0.2) is 29.5 Å². The Morgan fingerprint density at radius 2 is 1.85 bits per heavy atom. The summed E-state index contributed by atoms with van der Waals surface area (Å²) < 4.78 is 41.4. The normalized spacial score (nSPS) is 12.0. The zero-order valence-electron chi connectivity index (χ0n) is 13.6. The Morgan fingerprint density at radius 3 is 2.54 bits per heavy atom. The molecule has 4 rings (SSSR count). The molecular weight excluding hydrogens is 345 g/mol. The number of alkyl halides is 3. The molecule has 0 fully saturated rings. The van der Waals surface area contributed by atoms with Gasteiger partial charge in [-0.25, -0.2) is 19.3 Å². The maximum Gasteiger partial charge on any atom is 0.435 e. The molecule has 0 aliphatic carbocycles. The molecule has 0 unspecified atom stereocenters. The third-order valence-electron chi connectivity index (χ3n) is 3.99. The minimum absolute atomic E-state index is 0.417. The Hall–Kier alpha value is -3.23. The first-order valence-corrected chi connectivity index (χ1v) is 7.76. The monoisotopic (exact) mass is 358 g/mol. The molecule has 6 nitrogen and oxygen atoms in total. The molecule has 3 heterocycles. The molecule has 0 amide bonds. The first-order valence-electron chi connectivity index (χ1n) is 7.76. The summed E-state index contributed by atoms with van der Waals surface area (Å²) in [5.74, 6) is 0. The third kappa shape index (κ3) is 2.92. The van der Waals surface area contributed by atoms with Gasteiger partial charge in [0.05, 0.1) is 23.8 Å². The van der Waals surface area contributed by atoms with Crippen LogP contribution in [0.2, 0.25) is 0 Å². The van der Waals surface area contributed by atoms with Crippen LogP contribution < -0.4 is 0 Å². The predicted octanol–water partition coefficient (Wildman–Crippen LogP) is 3.39. The molecule has 4 aromatic rings. The predicted molar refractivity (Wildman–Crippen MR) is 87.7 cm³/mol. The second-order valence-electron chi connectivity index (χ2n) is 5.85. The molecule has 0 N–H and O–H groups in total. The van der Waals surface area contributed by atoms with E-state index in [4.69, 9.17) is 0 Å². The number of hydrogen-bond donors (Lipinski definition) is 0. The van der Waals surface area contributed by atoms with Crippen molar-refractivity contribution >= 4 is 11.0 Å². The summed E-state index contributed by atoms with van der Waals surface area (Å²) in [4.78, 5) is 8.16. The fourth-order valence-electron chi connectivity index (χ4n) is 2.73. The summed E-state index contributed by atoms with van der Waals surface area (Å²) in [6, 6.07) is 8.16. The topological polar surface area (TPSA) is 61.4 Å². The van der Waals surface area contributed by atoms with E-state index >= 15 is 0 Å². The van der Waals surface area contributed by atoms with Gasteiger partial charge in [0.25, 0.3) is 0 Å². The van der Waals surface area contributed by atoms with Crippen LogP contribution in [0.15, 0.2) is 49.1 Å². The van der Waals surface area contributed by atoms with Crippen LogP contribution in [0.5, 0.6) is 0 Å². The van der Waals surface area contributed by atoms with E-state index in [1.54, 1.807) is 36.1 Å². The van der Waals surface area contributed by atoms with E-state index in [0.29, 0.717) is 17.9 Å². The van der Waals surface area contributed by atoms with Crippen molar-refractivity contribution in [3.8, 4) is 5.69 Å². The average Bonchev–Trinajstić information content (AvgIpc) is 3.20. The maximum atomic E-state index is 12.8. The molecule has 0 atom stereocenters. The van der Waals surface area contributed by atoms with Gasteiger partial charge in [-0.1, -0.05) is 12.1 Å². The number of aromatic nitrogens is 6. The minimum atomic E-state index is -4.46. The maximum absolute atomic E-state index is 12.8. The highest BCUT2D eigenvalue weighted by Crippen LogP contribution is 2.29. The van der Waals surface area contributed by atoms with Gasteiger partial charge in [0.2, 0.25) is 0 Å². The van der Waals surface area contributed by atoms with Crippen LogP contribution in [-0.2, 0) is 12.7 Å². The summed E-state index contributed by atoms with van der Waals surface area (Å²) in [6.07, 6.45) is 0.379. The summed E-state index contributed by atoms with van der Waals surface area (Å²) in [5.41, 5.74) is 1.75. The quantitative estimate of drug-likeness (QED) is 0.563. The molecule has 0 aliphatic rings. The molecule has 0 spiro atoms. The minimum Gasteiger partial charge on any atom is -0.244 e. The fraction of sp³-hybridized carbons (Fsp3) is 0.176. The van der Waals surface area contributed by atoms with Gasteiger partial charge in [-0.15, -0.1) is 0 Å². The zero-order chi connectivity index (χ0) is 18.3. The molecule has 9 heteroatoms. The van der Waals surface area contributed by atoms with Crippen molar-refractivity contribution in [2.75, 3.05) is 0 Å². The van der Waals surface area contributed by atoms with Crippen molar-refractivity contribution in [3.05, 3.63) is 66.0 Å². The molecule has 0 saturated heterocycles. The lowest BCUT2D eigenvalue weighted by Crippen LogP contribution is -2.07. The molecule has 26 heavy (non-hydrogen) atoms. The molecule has 0 saturated carbocycles. The van der Waals surface area contributed by atoms with Gasteiger partial charge in [-0.3, -0.25) is 0 Å². The van der Waals surface area contributed by atoms with Crippen LogP contribution in [0.1, 0.15) is 17.0 Å². The Labute approximate surface area is 145 Å². The number of fused-ring (bicyclic) bond motifs is 1. The van der Waals surface area contributed by atoms with Gasteiger partial charge >= 0.3 is 6.18 Å². The molecule has 132 valence electrons. The van der Waals surface area contributed by atoms with Crippen LogP contribution in [0, 0.1) is 6.92 Å². The molecule has 1 aromatic carbocycles. The van der Waals surface area contributed by atoms with Gasteiger partial charge in [0.15, 0.2) is 11.3 Å². The Kier molecular flexibility index (Phi) is 3.71. The summed E-state index contributed by atoms with van der Waals surface area (Å²) in [7, 11) is 0. The number of aryl methyl sites for hydroxylation is 1. The van der Waals surface area contributed by atoms with Crippen molar-refractivity contribution in [1.82, 2.24) is 29.5 Å². The standard InChI is InChI=1S/C17H13F3N6/c1-11-6-15(17(18,19)20)24-26(11)14-4-2-12(3-5-14)9-25-16-13(8-23-25)7-21-10-22-16/h2-8,10H,9H2,1H3. The molecule has 3 aromatic heterocycles. The van der Waals surface area contributed by atoms with E-state index in [0.717, 1.165) is 22.7 Å². The van der Waals surface area contributed by atoms with Crippen LogP contribution in [0.25, 0.3) is 16.7 Å². The lowest BCUT2D eigenvalue weighted by Gasteiger charge is -2.07. The number of rotatable bonds is 3. The fourth-order valence-corrected chi connectivity index (χ4v) is 2.73. The zero-order valence-corrected chi connectivity index (χ0v) is 13.6. The molecule has 0 bridgehead atoms. The highest BCUT2D eigenvalue weighted by Gasteiger charge is 2.34. The van der Waals surface area contributed by atoms with Crippen LogP contribution >= 0.6 is 0 Å². The van der Waals surface area contributed by atoms with Gasteiger partial charge < -0.3 is 0 Å². The van der Waals surface area contributed by atoms with E-state index < -0.39 is 11.9 Å². The smallest absolute Gasteiger partial charge is 0.244 e. The third-order valence-corrected chi connectivity index (χ3v) is 3.99. The summed E-state index contributed by atoms with van der Waals surface area (Å²) in [5, 5.41) is 8.79. The van der Waals surface area contributed by atoms with Gasteiger partial charge in [-0.2, -0.15) is 23.4 Å². The SMILES string of the molecule is Cc1cc(C(F)(F)F)nn1-c1ccc(Cn2ncc3cncnc32)cc1. The van der Waals surface area contributed by atoms with Gasteiger partial charge in [0.1, 0.15) is 6.33 Å². The molecule has 0 aliphatic heterocycles. The Morgan fingerprint density at radius 1 is 1.08 bits per heavy atom. The average molecular weight is 358 g/mol. The second kappa shape index (κ2) is 5.94. The lowest BCUT2D eigenvalue weighted by molar-refractivity contribution is -0.141. The van der Waals surface area contributed by atoms with Crippen molar-refractivity contribution in [2.24, 2.45) is 0 Å². The van der Waals surface area contributed by atoms with E-state index in [1.807, 2.05) is 12.1 Å². The highest BCUT2D eigenvalue weighted by atomic mass is 19.4. The number of benzene rings is 1. The van der Waals surface area contributed by atoms with Gasteiger partial charge in [0, 0.05) is 11.9 Å². The highest BCUT2D eigenvalue weighted by molar-refractivity contribution is 5.72. The lowest BCUT2D eigenvalue weighted by atomic mass is 10.2. The molecule has 0 radical (unpaired) electrons. The van der Waals surface area contributed by atoms with Crippen molar-refractivity contribution in [3.63, 3.8) is 0 Å². The van der Waals surface area contributed by atoms with Crippen molar-refractivity contribution < 1.29 is 13.2 Å².